The lowest BCUT2D eigenvalue weighted by atomic mass is 10.1. The van der Waals surface area contributed by atoms with Crippen LogP contribution < -0.4 is 4.74 Å². The molecule has 0 heterocycles. The minimum atomic E-state index is -0.792. The van der Waals surface area contributed by atoms with Crippen LogP contribution in [0.15, 0.2) is 42.5 Å². The second-order valence-corrected chi connectivity index (χ2v) is 4.26. The molecule has 0 aliphatic rings. The van der Waals surface area contributed by atoms with Crippen LogP contribution in [-0.4, -0.2) is 5.97 Å². The highest BCUT2D eigenvalue weighted by Crippen LogP contribution is 2.12. The Morgan fingerprint density at radius 2 is 1.90 bits per heavy atom. The van der Waals surface area contributed by atoms with Gasteiger partial charge in [-0.15, -0.1) is 0 Å². The Hall–Kier alpha value is -3.11. The summed E-state index contributed by atoms with van der Waals surface area (Å²) in [6.45, 7) is 1.76. The Morgan fingerprint density at radius 3 is 2.52 bits per heavy atom. The number of aryl methyl sites for hydroxylation is 1. The number of halogens is 1. The fourth-order valence-electron chi connectivity index (χ4n) is 1.57. The highest BCUT2D eigenvalue weighted by molar-refractivity contribution is 5.90. The van der Waals surface area contributed by atoms with E-state index in [2.05, 4.69) is 11.8 Å². The van der Waals surface area contributed by atoms with Crippen molar-refractivity contribution in [3.63, 3.8) is 0 Å². The van der Waals surface area contributed by atoms with Gasteiger partial charge in [-0.1, -0.05) is 12.0 Å². The largest absolute Gasteiger partial charge is 0.417 e. The number of hydrogen-bond donors (Lipinski definition) is 0. The van der Waals surface area contributed by atoms with E-state index in [4.69, 9.17) is 10.00 Å². The molecule has 2 rings (SSSR count). The Balaban J connectivity index is 2.08. The van der Waals surface area contributed by atoms with Crippen molar-refractivity contribution in [2.45, 2.75) is 6.92 Å². The maximum absolute atomic E-state index is 13.5. The second kappa shape index (κ2) is 6.36. The SMILES string of the molecule is Cc1ccc(C#CC(=O)Oc2ccc(C#N)cc2)c(F)c1. The summed E-state index contributed by atoms with van der Waals surface area (Å²) < 4.78 is 18.5. The second-order valence-electron chi connectivity index (χ2n) is 4.26. The number of carbonyl (C=O) groups excluding carboxylic acids is 1. The minimum Gasteiger partial charge on any atom is -0.417 e. The molecule has 0 aliphatic carbocycles. The Morgan fingerprint density at radius 1 is 1.19 bits per heavy atom. The molecule has 0 amide bonds. The van der Waals surface area contributed by atoms with E-state index < -0.39 is 11.8 Å². The van der Waals surface area contributed by atoms with E-state index in [0.29, 0.717) is 5.56 Å². The van der Waals surface area contributed by atoms with Crippen molar-refractivity contribution in [2.75, 3.05) is 0 Å². The van der Waals surface area contributed by atoms with Crippen LogP contribution in [0.4, 0.5) is 4.39 Å². The van der Waals surface area contributed by atoms with Crippen LogP contribution >= 0.6 is 0 Å². The molecule has 2 aromatic rings. The molecule has 0 atom stereocenters. The number of nitrogens with zero attached hydrogens (tertiary/aromatic N) is 1. The third-order valence-corrected chi connectivity index (χ3v) is 2.62. The van der Waals surface area contributed by atoms with Gasteiger partial charge in [-0.3, -0.25) is 0 Å². The Bertz CT molecular complexity index is 777. The van der Waals surface area contributed by atoms with E-state index in [1.807, 2.05) is 6.07 Å². The molecule has 3 nitrogen and oxygen atoms in total. The molecule has 0 radical (unpaired) electrons. The predicted octanol–water partition coefficient (Wildman–Crippen LogP) is 2.96. The van der Waals surface area contributed by atoms with Crippen LogP contribution in [0.3, 0.4) is 0 Å². The Kier molecular flexibility index (Phi) is 4.33. The molecule has 0 aromatic heterocycles. The predicted molar refractivity (Wildman–Crippen MR) is 74.8 cm³/mol. The zero-order valence-electron chi connectivity index (χ0n) is 11.2. The lowest BCUT2D eigenvalue weighted by Crippen LogP contribution is -2.04. The van der Waals surface area contributed by atoms with Gasteiger partial charge < -0.3 is 4.74 Å². The average Bonchev–Trinajstić information content (AvgIpc) is 2.47. The minimum absolute atomic E-state index is 0.136. The van der Waals surface area contributed by atoms with Gasteiger partial charge in [0.2, 0.25) is 0 Å². The van der Waals surface area contributed by atoms with E-state index in [1.165, 1.54) is 36.4 Å². The number of rotatable bonds is 1. The number of nitriles is 1. The molecule has 0 N–H and O–H groups in total. The molecule has 0 saturated carbocycles. The number of ether oxygens (including phenoxy) is 1. The zero-order valence-corrected chi connectivity index (χ0v) is 11.2. The molecule has 4 heteroatoms. The summed E-state index contributed by atoms with van der Waals surface area (Å²) in [7, 11) is 0. The van der Waals surface area contributed by atoms with Crippen molar-refractivity contribution in [1.82, 2.24) is 0 Å². The standard InChI is InChI=1S/C17H10FNO2/c1-12-2-5-14(16(18)10-12)6-9-17(20)21-15-7-3-13(11-19)4-8-15/h2-5,7-8,10H,1H3. The fourth-order valence-corrected chi connectivity index (χ4v) is 1.57. The summed E-state index contributed by atoms with van der Waals surface area (Å²) in [4.78, 5) is 11.5. The number of carbonyl (C=O) groups is 1. The molecule has 0 bridgehead atoms. The van der Waals surface area contributed by atoms with Crippen molar-refractivity contribution < 1.29 is 13.9 Å². The molecule has 0 fully saturated rings. The summed E-state index contributed by atoms with van der Waals surface area (Å²) in [6.07, 6.45) is 0. The van der Waals surface area contributed by atoms with Gasteiger partial charge in [-0.2, -0.15) is 5.26 Å². The molecule has 2 aromatic carbocycles. The third kappa shape index (κ3) is 3.92. The van der Waals surface area contributed by atoms with Crippen LogP contribution in [0.1, 0.15) is 16.7 Å². The summed E-state index contributed by atoms with van der Waals surface area (Å²) in [5, 5.41) is 8.65. The first-order valence-corrected chi connectivity index (χ1v) is 6.08. The number of esters is 1. The van der Waals surface area contributed by atoms with Gasteiger partial charge in [0.1, 0.15) is 11.6 Å². The number of hydrogen-bond acceptors (Lipinski definition) is 3. The lowest BCUT2D eigenvalue weighted by molar-refractivity contribution is -0.128. The quantitative estimate of drug-likeness (QED) is 0.458. The normalized spacial score (nSPS) is 9.19. The summed E-state index contributed by atoms with van der Waals surface area (Å²) in [6, 6.07) is 12.5. The highest BCUT2D eigenvalue weighted by atomic mass is 19.1. The van der Waals surface area contributed by atoms with E-state index in [-0.39, 0.29) is 11.3 Å². The van der Waals surface area contributed by atoms with Crippen LogP contribution in [0.2, 0.25) is 0 Å². The van der Waals surface area contributed by atoms with Crippen LogP contribution in [-0.2, 0) is 4.79 Å². The van der Waals surface area contributed by atoms with Gasteiger partial charge in [0, 0.05) is 5.92 Å². The zero-order chi connectivity index (χ0) is 15.2. The average molecular weight is 279 g/mol. The maximum Gasteiger partial charge on any atom is 0.390 e. The first kappa shape index (κ1) is 14.3. The molecule has 0 unspecified atom stereocenters. The third-order valence-electron chi connectivity index (χ3n) is 2.62. The van der Waals surface area contributed by atoms with Gasteiger partial charge in [-0.05, 0) is 48.9 Å². The molecular formula is C17H10FNO2. The smallest absolute Gasteiger partial charge is 0.390 e. The monoisotopic (exact) mass is 279 g/mol. The lowest BCUT2D eigenvalue weighted by Gasteiger charge is -1.99. The van der Waals surface area contributed by atoms with Crippen molar-refractivity contribution in [3.05, 3.63) is 65.0 Å². The molecule has 102 valence electrons. The van der Waals surface area contributed by atoms with E-state index >= 15 is 0 Å². The van der Waals surface area contributed by atoms with Gasteiger partial charge in [0.15, 0.2) is 0 Å². The molecule has 0 saturated heterocycles. The molecule has 21 heavy (non-hydrogen) atoms. The van der Waals surface area contributed by atoms with Gasteiger partial charge >= 0.3 is 5.97 Å². The van der Waals surface area contributed by atoms with E-state index in [0.717, 1.165) is 5.56 Å². The van der Waals surface area contributed by atoms with Gasteiger partial charge in [-0.25, -0.2) is 9.18 Å². The maximum atomic E-state index is 13.5. The van der Waals surface area contributed by atoms with E-state index in [9.17, 15) is 9.18 Å². The van der Waals surface area contributed by atoms with Crippen LogP contribution in [0, 0.1) is 35.9 Å². The van der Waals surface area contributed by atoms with Crippen LogP contribution in [0.5, 0.6) is 5.75 Å². The van der Waals surface area contributed by atoms with Crippen LogP contribution in [0.25, 0.3) is 0 Å². The summed E-state index contributed by atoms with van der Waals surface area (Å²) in [5.41, 5.74) is 1.37. The number of benzene rings is 2. The fraction of sp³-hybridized carbons (Fsp3) is 0.0588. The van der Waals surface area contributed by atoms with Crippen molar-refractivity contribution in [2.24, 2.45) is 0 Å². The van der Waals surface area contributed by atoms with Gasteiger partial charge in [0.25, 0.3) is 0 Å². The first-order valence-electron chi connectivity index (χ1n) is 6.08. The van der Waals surface area contributed by atoms with E-state index in [1.54, 1.807) is 13.0 Å². The van der Waals surface area contributed by atoms with Crippen molar-refractivity contribution in [3.8, 4) is 23.7 Å². The highest BCUT2D eigenvalue weighted by Gasteiger charge is 2.02. The first-order chi connectivity index (χ1) is 10.1. The summed E-state index contributed by atoms with van der Waals surface area (Å²) >= 11 is 0. The molecular weight excluding hydrogens is 269 g/mol. The Labute approximate surface area is 121 Å². The van der Waals surface area contributed by atoms with Crippen molar-refractivity contribution >= 4 is 5.97 Å². The topological polar surface area (TPSA) is 50.1 Å². The summed E-state index contributed by atoms with van der Waals surface area (Å²) in [5.74, 6) is 3.66. The van der Waals surface area contributed by atoms with Gasteiger partial charge in [0.05, 0.1) is 17.2 Å². The van der Waals surface area contributed by atoms with Crippen molar-refractivity contribution in [1.29, 1.82) is 5.26 Å². The molecule has 0 spiro atoms. The molecule has 0 aliphatic heterocycles.